The van der Waals surface area contributed by atoms with Crippen LogP contribution in [0, 0.1) is 4.64 Å². The zero-order valence-corrected chi connectivity index (χ0v) is 6.40. The van der Waals surface area contributed by atoms with Crippen LogP contribution in [0.3, 0.4) is 0 Å². The lowest BCUT2D eigenvalue weighted by Gasteiger charge is -2.04. The fourth-order valence-corrected chi connectivity index (χ4v) is 1.07. The van der Waals surface area contributed by atoms with Crippen molar-refractivity contribution in [3.8, 4) is 0 Å². The first-order valence-electron chi connectivity index (χ1n) is 2.97. The van der Waals surface area contributed by atoms with Crippen LogP contribution in [0.1, 0.15) is 19.9 Å². The van der Waals surface area contributed by atoms with Crippen LogP contribution in [0.4, 0.5) is 0 Å². The minimum atomic E-state index is 0.438. The van der Waals surface area contributed by atoms with Gasteiger partial charge in [-0.2, -0.15) is 0 Å². The third-order valence-corrected chi connectivity index (χ3v) is 1.53. The Bertz CT molecular complexity index is 233. The third-order valence-electron chi connectivity index (χ3n) is 1.19. The van der Waals surface area contributed by atoms with Gasteiger partial charge < -0.3 is 5.10 Å². The lowest BCUT2D eigenvalue weighted by molar-refractivity contribution is 0.526. The van der Waals surface area contributed by atoms with Gasteiger partial charge in [-0.15, -0.1) is 0 Å². The van der Waals surface area contributed by atoms with Gasteiger partial charge >= 0.3 is 0 Å². The maximum Gasteiger partial charge on any atom is 0.122 e. The quantitative estimate of drug-likeness (QED) is 0.596. The first kappa shape index (κ1) is 6.55. The van der Waals surface area contributed by atoms with Crippen molar-refractivity contribution in [1.29, 1.82) is 0 Å². The van der Waals surface area contributed by atoms with Crippen LogP contribution in [0.2, 0.25) is 0 Å². The molecule has 0 atom stereocenters. The zero-order chi connectivity index (χ0) is 6.85. The largest absolute Gasteiger partial charge is 0.305 e. The van der Waals surface area contributed by atoms with Crippen molar-refractivity contribution < 1.29 is 0 Å². The van der Waals surface area contributed by atoms with Gasteiger partial charge in [0.25, 0.3) is 0 Å². The molecular formula is C6H10N2S. The van der Waals surface area contributed by atoms with E-state index in [2.05, 4.69) is 18.9 Å². The van der Waals surface area contributed by atoms with E-state index < -0.39 is 0 Å². The second-order valence-corrected chi connectivity index (χ2v) is 2.68. The summed E-state index contributed by atoms with van der Waals surface area (Å²) >= 11 is 4.99. The molecule has 1 aromatic heterocycles. The molecule has 3 heteroatoms. The predicted octanol–water partition coefficient (Wildman–Crippen LogP) is 2.13. The number of hydrogen-bond donors (Lipinski definition) is 1. The van der Waals surface area contributed by atoms with Crippen LogP contribution >= 0.6 is 12.2 Å². The van der Waals surface area contributed by atoms with Crippen LogP contribution in [-0.2, 0) is 0 Å². The highest BCUT2D eigenvalue weighted by Gasteiger charge is 1.94. The SMILES string of the molecule is CC(C)n1[nH]ccc1=S. The van der Waals surface area contributed by atoms with Gasteiger partial charge in [0.1, 0.15) is 4.64 Å². The fraction of sp³-hybridized carbons (Fsp3) is 0.500. The zero-order valence-electron chi connectivity index (χ0n) is 5.59. The Balaban J connectivity index is 3.08. The Morgan fingerprint density at radius 1 is 1.67 bits per heavy atom. The minimum Gasteiger partial charge on any atom is -0.305 e. The lowest BCUT2D eigenvalue weighted by atomic mass is 10.4. The Morgan fingerprint density at radius 3 is 2.56 bits per heavy atom. The van der Waals surface area contributed by atoms with E-state index in [-0.39, 0.29) is 0 Å². The lowest BCUT2D eigenvalue weighted by Crippen LogP contribution is -2.01. The van der Waals surface area contributed by atoms with Gasteiger partial charge in [-0.3, -0.25) is 4.68 Å². The molecule has 1 N–H and O–H groups in total. The number of nitrogens with one attached hydrogen (secondary N) is 1. The van der Waals surface area contributed by atoms with E-state index in [1.165, 1.54) is 0 Å². The maximum atomic E-state index is 4.99. The van der Waals surface area contributed by atoms with Gasteiger partial charge in [-0.05, 0) is 19.9 Å². The average Bonchev–Trinajstić information content (AvgIpc) is 2.13. The Labute approximate surface area is 59.5 Å². The molecule has 0 aliphatic carbocycles. The van der Waals surface area contributed by atoms with Crippen molar-refractivity contribution >= 4 is 12.2 Å². The standard InChI is InChI=1S/C6H10N2S/c1-5(2)8-6(9)3-4-7-8/h3-5,7H,1-2H3. The van der Waals surface area contributed by atoms with E-state index in [0.29, 0.717) is 6.04 Å². The first-order chi connectivity index (χ1) is 4.22. The van der Waals surface area contributed by atoms with Crippen LogP contribution < -0.4 is 0 Å². The summed E-state index contributed by atoms with van der Waals surface area (Å²) in [6.07, 6.45) is 1.85. The maximum absolute atomic E-state index is 4.99. The minimum absolute atomic E-state index is 0.438. The molecule has 0 saturated carbocycles. The van der Waals surface area contributed by atoms with Crippen molar-refractivity contribution in [2.45, 2.75) is 19.9 Å². The Morgan fingerprint density at radius 2 is 2.33 bits per heavy atom. The third kappa shape index (κ3) is 1.21. The number of nitrogens with zero attached hydrogens (tertiary/aromatic N) is 1. The fourth-order valence-electron chi connectivity index (χ4n) is 0.736. The van der Waals surface area contributed by atoms with Crippen molar-refractivity contribution in [2.75, 3.05) is 0 Å². The van der Waals surface area contributed by atoms with Crippen LogP contribution in [0.15, 0.2) is 12.3 Å². The molecule has 9 heavy (non-hydrogen) atoms. The summed E-state index contributed by atoms with van der Waals surface area (Å²) in [5, 5.41) is 3.02. The van der Waals surface area contributed by atoms with Crippen molar-refractivity contribution in [2.24, 2.45) is 0 Å². The summed E-state index contributed by atoms with van der Waals surface area (Å²) in [5.74, 6) is 0. The molecule has 0 amide bonds. The summed E-state index contributed by atoms with van der Waals surface area (Å²) in [6.45, 7) is 4.18. The molecule has 0 radical (unpaired) electrons. The summed E-state index contributed by atoms with van der Waals surface area (Å²) in [4.78, 5) is 0. The van der Waals surface area contributed by atoms with Gasteiger partial charge in [0, 0.05) is 12.2 Å². The van der Waals surface area contributed by atoms with Gasteiger partial charge in [0.15, 0.2) is 0 Å². The Kier molecular flexibility index (Phi) is 1.71. The first-order valence-corrected chi connectivity index (χ1v) is 3.38. The molecule has 0 unspecified atom stereocenters. The van der Waals surface area contributed by atoms with E-state index in [1.54, 1.807) is 0 Å². The van der Waals surface area contributed by atoms with E-state index in [9.17, 15) is 0 Å². The van der Waals surface area contributed by atoms with Crippen LogP contribution in [0.5, 0.6) is 0 Å². The van der Waals surface area contributed by atoms with Crippen LogP contribution in [0.25, 0.3) is 0 Å². The molecule has 50 valence electrons. The molecule has 2 nitrogen and oxygen atoms in total. The molecule has 0 spiro atoms. The number of hydrogen-bond acceptors (Lipinski definition) is 1. The molecule has 0 aromatic carbocycles. The molecule has 0 aliphatic rings. The predicted molar refractivity (Wildman–Crippen MR) is 40.0 cm³/mol. The monoisotopic (exact) mass is 142 g/mol. The normalized spacial score (nSPS) is 10.6. The number of H-pyrrole nitrogens is 1. The molecule has 1 rings (SSSR count). The van der Waals surface area contributed by atoms with E-state index in [1.807, 2.05) is 16.9 Å². The summed E-state index contributed by atoms with van der Waals surface area (Å²) in [5.41, 5.74) is 0. The van der Waals surface area contributed by atoms with Gasteiger partial charge in [0.05, 0.1) is 0 Å². The summed E-state index contributed by atoms with van der Waals surface area (Å²) in [6, 6.07) is 2.32. The second-order valence-electron chi connectivity index (χ2n) is 2.26. The molecule has 1 aromatic rings. The van der Waals surface area contributed by atoms with Gasteiger partial charge in [-0.1, -0.05) is 12.2 Å². The molecular weight excluding hydrogens is 132 g/mol. The second kappa shape index (κ2) is 2.35. The molecule has 0 saturated heterocycles. The highest BCUT2D eigenvalue weighted by atomic mass is 32.1. The molecule has 1 heterocycles. The summed E-state index contributed by atoms with van der Waals surface area (Å²) in [7, 11) is 0. The number of rotatable bonds is 1. The number of aromatic amines is 1. The number of aromatic nitrogens is 2. The highest BCUT2D eigenvalue weighted by Crippen LogP contribution is 2.01. The molecule has 0 aliphatic heterocycles. The van der Waals surface area contributed by atoms with E-state index in [0.717, 1.165) is 4.64 Å². The van der Waals surface area contributed by atoms with E-state index in [4.69, 9.17) is 12.2 Å². The van der Waals surface area contributed by atoms with Crippen molar-refractivity contribution in [3.63, 3.8) is 0 Å². The molecule has 0 bridgehead atoms. The molecule has 0 fully saturated rings. The topological polar surface area (TPSA) is 20.7 Å². The van der Waals surface area contributed by atoms with Gasteiger partial charge in [0.2, 0.25) is 0 Å². The summed E-state index contributed by atoms with van der Waals surface area (Å²) < 4.78 is 2.81. The van der Waals surface area contributed by atoms with Crippen molar-refractivity contribution in [1.82, 2.24) is 9.78 Å². The Hall–Kier alpha value is -0.570. The van der Waals surface area contributed by atoms with Crippen molar-refractivity contribution in [3.05, 3.63) is 16.9 Å². The van der Waals surface area contributed by atoms with E-state index >= 15 is 0 Å². The average molecular weight is 142 g/mol. The van der Waals surface area contributed by atoms with Gasteiger partial charge in [-0.25, -0.2) is 0 Å². The smallest absolute Gasteiger partial charge is 0.122 e. The highest BCUT2D eigenvalue weighted by molar-refractivity contribution is 7.71. The van der Waals surface area contributed by atoms with Crippen LogP contribution in [-0.4, -0.2) is 9.78 Å².